The second-order valence-corrected chi connectivity index (χ2v) is 3.75. The van der Waals surface area contributed by atoms with Gasteiger partial charge < -0.3 is 11.1 Å². The second kappa shape index (κ2) is 9.27. The van der Waals surface area contributed by atoms with E-state index in [1.807, 2.05) is 6.07 Å². The van der Waals surface area contributed by atoms with E-state index in [2.05, 4.69) is 42.4 Å². The molecule has 0 aromatic heterocycles. The Morgan fingerprint density at radius 3 is 2.47 bits per heavy atom. The highest BCUT2D eigenvalue weighted by Gasteiger charge is 1.98. The van der Waals surface area contributed by atoms with Crippen molar-refractivity contribution < 1.29 is 0 Å². The number of nitrogens with zero attached hydrogens (tertiary/aromatic N) is 1. The third-order valence-electron chi connectivity index (χ3n) is 2.48. The number of nitrogens with two attached hydrogens (primary N) is 1. The molecule has 0 bridgehead atoms. The summed E-state index contributed by atoms with van der Waals surface area (Å²) in [7, 11) is 0. The molecule has 0 atom stereocenters. The first-order valence-electron chi connectivity index (χ1n) is 5.88. The summed E-state index contributed by atoms with van der Waals surface area (Å²) in [6, 6.07) is 8.35. The fraction of sp³-hybridized carbons (Fsp3) is 0.462. The van der Waals surface area contributed by atoms with Gasteiger partial charge >= 0.3 is 0 Å². The molecular weight excluding hydrogens is 325 g/mol. The second-order valence-electron chi connectivity index (χ2n) is 3.75. The molecule has 0 saturated carbocycles. The van der Waals surface area contributed by atoms with Crippen molar-refractivity contribution in [2.75, 3.05) is 6.54 Å². The molecule has 0 aliphatic rings. The average Bonchev–Trinajstić information content (AvgIpc) is 2.34. The zero-order chi connectivity index (χ0) is 11.8. The lowest BCUT2D eigenvalue weighted by Crippen LogP contribution is -2.32. The third kappa shape index (κ3) is 5.91. The summed E-state index contributed by atoms with van der Waals surface area (Å²) in [6.45, 7) is 5.80. The average molecular weight is 347 g/mol. The van der Waals surface area contributed by atoms with Gasteiger partial charge in [-0.05, 0) is 24.0 Å². The summed E-state index contributed by atoms with van der Waals surface area (Å²) in [4.78, 5) is 4.32. The molecule has 1 aromatic rings. The first kappa shape index (κ1) is 16.2. The Hall–Kier alpha value is -0.780. The molecule has 0 saturated heterocycles. The van der Waals surface area contributed by atoms with E-state index in [4.69, 9.17) is 5.73 Å². The lowest BCUT2D eigenvalue weighted by atomic mass is 10.1. The van der Waals surface area contributed by atoms with Gasteiger partial charge in [0.1, 0.15) is 0 Å². The van der Waals surface area contributed by atoms with Crippen LogP contribution in [0.25, 0.3) is 0 Å². The molecule has 1 rings (SSSR count). The van der Waals surface area contributed by atoms with Gasteiger partial charge in [0, 0.05) is 6.54 Å². The highest BCUT2D eigenvalue weighted by molar-refractivity contribution is 14.0. The maximum absolute atomic E-state index is 5.74. The van der Waals surface area contributed by atoms with Crippen molar-refractivity contribution >= 4 is 29.9 Å². The predicted octanol–water partition coefficient (Wildman–Crippen LogP) is 2.68. The van der Waals surface area contributed by atoms with Crippen LogP contribution in [0.5, 0.6) is 0 Å². The predicted molar refractivity (Wildman–Crippen MR) is 84.9 cm³/mol. The first-order chi connectivity index (χ1) is 7.77. The lowest BCUT2D eigenvalue weighted by molar-refractivity contribution is 0.824. The number of guanidine groups is 1. The largest absolute Gasteiger partial charge is 0.370 e. The number of benzene rings is 1. The maximum Gasteiger partial charge on any atom is 0.188 e. The number of halogens is 1. The fourth-order valence-corrected chi connectivity index (χ4v) is 1.54. The van der Waals surface area contributed by atoms with Crippen molar-refractivity contribution in [1.82, 2.24) is 5.32 Å². The van der Waals surface area contributed by atoms with Gasteiger partial charge in [0.25, 0.3) is 0 Å². The van der Waals surface area contributed by atoms with Gasteiger partial charge in [-0.1, -0.05) is 38.1 Å². The Kier molecular flexibility index (Phi) is 8.85. The molecule has 96 valence electrons. The van der Waals surface area contributed by atoms with Crippen molar-refractivity contribution in [2.45, 2.75) is 33.2 Å². The summed E-state index contributed by atoms with van der Waals surface area (Å²) in [5.41, 5.74) is 8.34. The Bertz CT molecular complexity index is 350. The minimum Gasteiger partial charge on any atom is -0.370 e. The van der Waals surface area contributed by atoms with Gasteiger partial charge in [-0.2, -0.15) is 0 Å². The van der Waals surface area contributed by atoms with Gasteiger partial charge in [-0.3, -0.25) is 0 Å². The number of hydrogen-bond donors (Lipinski definition) is 2. The van der Waals surface area contributed by atoms with E-state index in [0.717, 1.165) is 19.4 Å². The van der Waals surface area contributed by atoms with Crippen molar-refractivity contribution in [3.63, 3.8) is 0 Å². The van der Waals surface area contributed by atoms with E-state index >= 15 is 0 Å². The summed E-state index contributed by atoms with van der Waals surface area (Å²) in [6.07, 6.45) is 2.09. The van der Waals surface area contributed by atoms with Crippen LogP contribution in [0.15, 0.2) is 29.3 Å². The van der Waals surface area contributed by atoms with Crippen LogP contribution in [0.4, 0.5) is 0 Å². The molecule has 0 spiro atoms. The van der Waals surface area contributed by atoms with Gasteiger partial charge in [0.15, 0.2) is 5.96 Å². The molecule has 0 aliphatic heterocycles. The van der Waals surface area contributed by atoms with Crippen LogP contribution in [0.2, 0.25) is 0 Å². The number of rotatable bonds is 5. The van der Waals surface area contributed by atoms with E-state index < -0.39 is 0 Å². The van der Waals surface area contributed by atoms with Crippen LogP contribution in [0, 0.1) is 0 Å². The molecule has 0 unspecified atom stereocenters. The maximum atomic E-state index is 5.74. The van der Waals surface area contributed by atoms with Crippen LogP contribution < -0.4 is 11.1 Å². The summed E-state index contributed by atoms with van der Waals surface area (Å²) in [5.74, 6) is 0.535. The minimum atomic E-state index is 0. The van der Waals surface area contributed by atoms with Crippen molar-refractivity contribution in [3.05, 3.63) is 35.4 Å². The van der Waals surface area contributed by atoms with Crippen LogP contribution in [0.1, 0.15) is 31.4 Å². The Balaban J connectivity index is 0.00000256. The van der Waals surface area contributed by atoms with Gasteiger partial charge in [0.2, 0.25) is 0 Å². The zero-order valence-electron chi connectivity index (χ0n) is 10.6. The minimum absolute atomic E-state index is 0. The van der Waals surface area contributed by atoms with E-state index in [1.165, 1.54) is 11.1 Å². The summed E-state index contributed by atoms with van der Waals surface area (Å²) < 4.78 is 0. The highest BCUT2D eigenvalue weighted by Crippen LogP contribution is 2.10. The third-order valence-corrected chi connectivity index (χ3v) is 2.48. The van der Waals surface area contributed by atoms with Crippen LogP contribution >= 0.6 is 24.0 Å². The van der Waals surface area contributed by atoms with Crippen LogP contribution in [0.3, 0.4) is 0 Å². The molecule has 0 aliphatic carbocycles. The molecule has 3 N–H and O–H groups in total. The van der Waals surface area contributed by atoms with Gasteiger partial charge in [0.05, 0.1) is 6.54 Å². The normalized spacial score (nSPS) is 10.8. The molecule has 0 radical (unpaired) electrons. The topological polar surface area (TPSA) is 50.4 Å². The molecule has 1 aromatic carbocycles. The van der Waals surface area contributed by atoms with Crippen molar-refractivity contribution in [2.24, 2.45) is 10.7 Å². The molecule has 0 amide bonds. The standard InChI is InChI=1S/C13H21N3.HI/c1-3-9-15-13(14)16-10-12-8-6-5-7-11(12)4-2;/h5-8H,3-4,9-10H2,1-2H3,(H3,14,15,16);1H. The van der Waals surface area contributed by atoms with Gasteiger partial charge in [-0.25, -0.2) is 4.99 Å². The fourth-order valence-electron chi connectivity index (χ4n) is 1.54. The number of aliphatic imine (C=N–C) groups is 1. The summed E-state index contributed by atoms with van der Waals surface area (Å²) in [5, 5.41) is 3.07. The Morgan fingerprint density at radius 2 is 1.88 bits per heavy atom. The molecular formula is C13H22IN3. The van der Waals surface area contributed by atoms with E-state index in [-0.39, 0.29) is 24.0 Å². The van der Waals surface area contributed by atoms with Crippen LogP contribution in [-0.4, -0.2) is 12.5 Å². The van der Waals surface area contributed by atoms with E-state index in [9.17, 15) is 0 Å². The molecule has 0 fully saturated rings. The SMILES string of the molecule is CCCNC(N)=NCc1ccccc1CC.I. The molecule has 4 heteroatoms. The number of aryl methyl sites for hydroxylation is 1. The zero-order valence-corrected chi connectivity index (χ0v) is 12.9. The Labute approximate surface area is 121 Å². The van der Waals surface area contributed by atoms with Crippen LogP contribution in [-0.2, 0) is 13.0 Å². The van der Waals surface area contributed by atoms with Crippen molar-refractivity contribution in [3.8, 4) is 0 Å². The van der Waals surface area contributed by atoms with E-state index in [0.29, 0.717) is 12.5 Å². The van der Waals surface area contributed by atoms with Gasteiger partial charge in [-0.15, -0.1) is 24.0 Å². The molecule has 0 heterocycles. The molecule has 3 nitrogen and oxygen atoms in total. The number of hydrogen-bond acceptors (Lipinski definition) is 1. The molecule has 17 heavy (non-hydrogen) atoms. The number of nitrogens with one attached hydrogen (secondary N) is 1. The monoisotopic (exact) mass is 347 g/mol. The lowest BCUT2D eigenvalue weighted by Gasteiger charge is -2.06. The van der Waals surface area contributed by atoms with E-state index in [1.54, 1.807) is 0 Å². The first-order valence-corrected chi connectivity index (χ1v) is 5.88. The highest BCUT2D eigenvalue weighted by atomic mass is 127. The summed E-state index contributed by atoms with van der Waals surface area (Å²) >= 11 is 0. The Morgan fingerprint density at radius 1 is 1.24 bits per heavy atom. The quantitative estimate of drug-likeness (QED) is 0.489. The smallest absolute Gasteiger partial charge is 0.188 e. The van der Waals surface area contributed by atoms with Crippen molar-refractivity contribution in [1.29, 1.82) is 0 Å².